The highest BCUT2D eigenvalue weighted by atomic mass is 79.9. The molecule has 0 saturated carbocycles. The van der Waals surface area contributed by atoms with Crippen LogP contribution in [0.5, 0.6) is 0 Å². The second kappa shape index (κ2) is 4.71. The van der Waals surface area contributed by atoms with Crippen LogP contribution in [0.25, 0.3) is 0 Å². The number of hydrogen-bond acceptors (Lipinski definition) is 2. The molecule has 4 nitrogen and oxygen atoms in total. The van der Waals surface area contributed by atoms with Gasteiger partial charge < -0.3 is 10.3 Å². The maximum Gasteiger partial charge on any atom is 0.272 e. The first-order valence-corrected chi connectivity index (χ1v) is 5.95. The minimum Gasteiger partial charge on any atom is -0.356 e. The number of carbonyl (C=O) groups excluding carboxylic acids is 1. The quantitative estimate of drug-likeness (QED) is 0.894. The van der Waals surface area contributed by atoms with Gasteiger partial charge in [0.1, 0.15) is 5.69 Å². The van der Waals surface area contributed by atoms with E-state index in [1.54, 1.807) is 12.3 Å². The Hall–Kier alpha value is -1.62. The van der Waals surface area contributed by atoms with Crippen molar-refractivity contribution >= 4 is 27.5 Å². The highest BCUT2D eigenvalue weighted by molar-refractivity contribution is 9.10. The normalized spacial score (nSPS) is 10.3. The van der Waals surface area contributed by atoms with E-state index in [1.807, 2.05) is 26.0 Å². The molecule has 17 heavy (non-hydrogen) atoms. The lowest BCUT2D eigenvalue weighted by Gasteiger charge is -2.07. The van der Waals surface area contributed by atoms with Crippen LogP contribution in [0.1, 0.15) is 21.9 Å². The Balaban J connectivity index is 2.18. The molecule has 0 radical (unpaired) electrons. The van der Waals surface area contributed by atoms with Crippen molar-refractivity contribution < 1.29 is 4.79 Å². The van der Waals surface area contributed by atoms with Gasteiger partial charge in [-0.3, -0.25) is 9.78 Å². The molecule has 0 unspecified atom stereocenters. The molecule has 0 fully saturated rings. The molecule has 0 aliphatic heterocycles. The van der Waals surface area contributed by atoms with Crippen LogP contribution in [0.3, 0.4) is 0 Å². The van der Waals surface area contributed by atoms with Crippen molar-refractivity contribution in [3.63, 3.8) is 0 Å². The number of aromatic nitrogens is 2. The van der Waals surface area contributed by atoms with E-state index in [1.165, 1.54) is 0 Å². The van der Waals surface area contributed by atoms with Gasteiger partial charge in [0.25, 0.3) is 5.91 Å². The third kappa shape index (κ3) is 2.74. The van der Waals surface area contributed by atoms with Crippen LogP contribution in [0.15, 0.2) is 28.9 Å². The lowest BCUT2D eigenvalue weighted by Crippen LogP contribution is -2.13. The van der Waals surface area contributed by atoms with E-state index in [4.69, 9.17) is 0 Å². The monoisotopic (exact) mass is 293 g/mol. The maximum atomic E-state index is 11.9. The number of pyridine rings is 1. The standard InChI is InChI=1S/C12H12BrN3O/c1-7-3-4-10(8(2)15-7)16-12(17)11-5-9(13)6-14-11/h3-6,14H,1-2H3,(H,16,17). The number of nitrogens with one attached hydrogen (secondary N) is 2. The average molecular weight is 294 g/mol. The van der Waals surface area contributed by atoms with E-state index in [9.17, 15) is 4.79 Å². The lowest BCUT2D eigenvalue weighted by molar-refractivity contribution is 0.102. The first-order valence-electron chi connectivity index (χ1n) is 5.16. The number of carbonyl (C=O) groups is 1. The van der Waals surface area contributed by atoms with Gasteiger partial charge in [0, 0.05) is 16.4 Å². The molecule has 0 bridgehead atoms. The minimum absolute atomic E-state index is 0.176. The van der Waals surface area contributed by atoms with Crippen LogP contribution >= 0.6 is 15.9 Å². The summed E-state index contributed by atoms with van der Waals surface area (Å²) in [5, 5.41) is 2.81. The van der Waals surface area contributed by atoms with Gasteiger partial charge in [-0.25, -0.2) is 0 Å². The van der Waals surface area contributed by atoms with Crippen LogP contribution in [0.4, 0.5) is 5.69 Å². The summed E-state index contributed by atoms with van der Waals surface area (Å²) in [6.07, 6.45) is 1.72. The molecule has 0 aromatic carbocycles. The zero-order valence-corrected chi connectivity index (χ0v) is 11.1. The SMILES string of the molecule is Cc1ccc(NC(=O)c2cc(Br)c[nH]2)c(C)n1. The van der Waals surface area contributed by atoms with Crippen LogP contribution < -0.4 is 5.32 Å². The number of hydrogen-bond donors (Lipinski definition) is 2. The molecule has 88 valence electrons. The summed E-state index contributed by atoms with van der Waals surface area (Å²) >= 11 is 3.29. The Labute approximate surface area is 108 Å². The first kappa shape index (κ1) is 11.9. The van der Waals surface area contributed by atoms with Gasteiger partial charge in [0.15, 0.2) is 0 Å². The van der Waals surface area contributed by atoms with Crippen molar-refractivity contribution in [2.75, 3.05) is 5.32 Å². The van der Waals surface area contributed by atoms with E-state index >= 15 is 0 Å². The smallest absolute Gasteiger partial charge is 0.272 e. The number of nitrogens with zero attached hydrogens (tertiary/aromatic N) is 1. The van der Waals surface area contributed by atoms with Gasteiger partial charge in [-0.2, -0.15) is 0 Å². The Kier molecular flexibility index (Phi) is 3.28. The van der Waals surface area contributed by atoms with Gasteiger partial charge in [-0.1, -0.05) is 0 Å². The van der Waals surface area contributed by atoms with E-state index in [0.29, 0.717) is 5.69 Å². The van der Waals surface area contributed by atoms with Crippen molar-refractivity contribution in [1.29, 1.82) is 0 Å². The second-order valence-corrected chi connectivity index (χ2v) is 4.69. The van der Waals surface area contributed by atoms with E-state index in [2.05, 4.69) is 31.2 Å². The molecule has 0 aliphatic carbocycles. The van der Waals surface area contributed by atoms with E-state index in [0.717, 1.165) is 21.5 Å². The average Bonchev–Trinajstić information content (AvgIpc) is 2.69. The summed E-state index contributed by atoms with van der Waals surface area (Å²) in [6, 6.07) is 5.45. The largest absolute Gasteiger partial charge is 0.356 e. The number of amides is 1. The second-order valence-electron chi connectivity index (χ2n) is 3.77. The molecule has 2 heterocycles. The Bertz CT molecular complexity index is 563. The molecule has 1 amide bonds. The molecule has 0 atom stereocenters. The zero-order chi connectivity index (χ0) is 12.4. The van der Waals surface area contributed by atoms with Crippen LogP contribution in [-0.4, -0.2) is 15.9 Å². The lowest BCUT2D eigenvalue weighted by atomic mass is 10.2. The topological polar surface area (TPSA) is 57.8 Å². The summed E-state index contributed by atoms with van der Waals surface area (Å²) in [5.74, 6) is -0.176. The molecule has 2 aromatic rings. The van der Waals surface area contributed by atoms with Gasteiger partial charge in [0.2, 0.25) is 0 Å². The number of aromatic amines is 1. The fourth-order valence-electron chi connectivity index (χ4n) is 1.51. The molecular weight excluding hydrogens is 282 g/mol. The van der Waals surface area contributed by atoms with Crippen molar-refractivity contribution in [2.24, 2.45) is 0 Å². The molecule has 0 spiro atoms. The number of rotatable bonds is 2. The Morgan fingerprint density at radius 1 is 1.41 bits per heavy atom. The number of aryl methyl sites for hydroxylation is 2. The zero-order valence-electron chi connectivity index (χ0n) is 9.54. The van der Waals surface area contributed by atoms with Crippen molar-refractivity contribution in [3.8, 4) is 0 Å². The molecule has 2 aromatic heterocycles. The highest BCUT2D eigenvalue weighted by Gasteiger charge is 2.09. The first-order chi connectivity index (χ1) is 8.06. The van der Waals surface area contributed by atoms with Crippen molar-refractivity contribution in [2.45, 2.75) is 13.8 Å². The minimum atomic E-state index is -0.176. The number of anilines is 1. The third-order valence-electron chi connectivity index (χ3n) is 2.37. The van der Waals surface area contributed by atoms with Crippen LogP contribution in [0, 0.1) is 13.8 Å². The van der Waals surface area contributed by atoms with Crippen LogP contribution in [0.2, 0.25) is 0 Å². The van der Waals surface area contributed by atoms with E-state index < -0.39 is 0 Å². The molecule has 0 saturated heterocycles. The van der Waals surface area contributed by atoms with Gasteiger partial charge in [-0.05, 0) is 48.0 Å². The van der Waals surface area contributed by atoms with E-state index in [-0.39, 0.29) is 5.91 Å². The fraction of sp³-hybridized carbons (Fsp3) is 0.167. The molecular formula is C12H12BrN3O. The summed E-state index contributed by atoms with van der Waals surface area (Å²) in [5.41, 5.74) is 2.98. The number of halogens is 1. The van der Waals surface area contributed by atoms with Crippen molar-refractivity contribution in [1.82, 2.24) is 9.97 Å². The van der Waals surface area contributed by atoms with Gasteiger partial charge >= 0.3 is 0 Å². The third-order valence-corrected chi connectivity index (χ3v) is 2.82. The fourth-order valence-corrected chi connectivity index (χ4v) is 1.85. The Morgan fingerprint density at radius 3 is 2.76 bits per heavy atom. The summed E-state index contributed by atoms with van der Waals surface area (Å²) in [4.78, 5) is 19.0. The Morgan fingerprint density at radius 2 is 2.18 bits per heavy atom. The molecule has 2 N–H and O–H groups in total. The molecule has 2 rings (SSSR count). The van der Waals surface area contributed by atoms with Crippen LogP contribution in [-0.2, 0) is 0 Å². The molecule has 5 heteroatoms. The maximum absolute atomic E-state index is 11.9. The van der Waals surface area contributed by atoms with Gasteiger partial charge in [-0.15, -0.1) is 0 Å². The molecule has 0 aliphatic rings. The predicted octanol–water partition coefficient (Wildman–Crippen LogP) is 3.04. The summed E-state index contributed by atoms with van der Waals surface area (Å²) in [6.45, 7) is 3.79. The van der Waals surface area contributed by atoms with Crippen molar-refractivity contribution in [3.05, 3.63) is 46.0 Å². The number of H-pyrrole nitrogens is 1. The van der Waals surface area contributed by atoms with Gasteiger partial charge in [0.05, 0.1) is 11.4 Å². The highest BCUT2D eigenvalue weighted by Crippen LogP contribution is 2.15. The predicted molar refractivity (Wildman–Crippen MR) is 70.2 cm³/mol. The summed E-state index contributed by atoms with van der Waals surface area (Å²) in [7, 11) is 0. The summed E-state index contributed by atoms with van der Waals surface area (Å²) < 4.78 is 0.849.